The lowest BCUT2D eigenvalue weighted by atomic mass is 9.79. The smallest absolute Gasteiger partial charge is 0.320 e. The number of para-hydroxylation sites is 1. The van der Waals surface area contributed by atoms with Crippen molar-refractivity contribution in [3.05, 3.63) is 134 Å². The number of hydrogen-bond donors (Lipinski definition) is 3. The van der Waals surface area contributed by atoms with E-state index in [2.05, 4.69) is 47.2 Å². The van der Waals surface area contributed by atoms with Gasteiger partial charge in [0.05, 0.1) is 11.0 Å². The lowest BCUT2D eigenvalue weighted by Crippen LogP contribution is -2.47. The van der Waals surface area contributed by atoms with E-state index in [-0.39, 0.29) is 38.6 Å². The molecule has 0 amide bonds. The molecule has 0 fully saturated rings. The number of benzene rings is 4. The van der Waals surface area contributed by atoms with E-state index >= 15 is 0 Å². The van der Waals surface area contributed by atoms with Gasteiger partial charge in [-0.3, -0.25) is 14.3 Å². The van der Waals surface area contributed by atoms with Crippen LogP contribution >= 0.6 is 39.5 Å². The maximum Gasteiger partial charge on any atom is 0.399 e. The fourth-order valence-corrected chi connectivity index (χ4v) is 8.30. The zero-order valence-electron chi connectivity index (χ0n) is 25.8. The first-order valence-electron chi connectivity index (χ1n) is 14.7. The number of nitrogens with zero attached hydrogens (tertiary/aromatic N) is 4. The van der Waals surface area contributed by atoms with Crippen LogP contribution in [0.3, 0.4) is 0 Å². The number of carbonyl (C=O) groups is 1. The molecule has 0 saturated carbocycles. The van der Waals surface area contributed by atoms with E-state index in [9.17, 15) is 40.9 Å². The summed E-state index contributed by atoms with van der Waals surface area (Å²) in [4.78, 5) is 38.3. The molecule has 10 nitrogen and oxygen atoms in total. The van der Waals surface area contributed by atoms with Crippen LogP contribution in [0.15, 0.2) is 106 Å². The number of fused-ring (bicyclic) bond motifs is 2. The van der Waals surface area contributed by atoms with Crippen molar-refractivity contribution < 1.29 is 40.9 Å². The van der Waals surface area contributed by atoms with Crippen molar-refractivity contribution in [1.29, 1.82) is 0 Å². The summed E-state index contributed by atoms with van der Waals surface area (Å²) in [5.41, 5.74) is -6.25. The molecule has 6 rings (SSSR count). The van der Waals surface area contributed by atoms with Crippen molar-refractivity contribution in [3.8, 4) is 0 Å². The molecule has 2 aromatic heterocycles. The molecule has 0 aliphatic rings. The highest BCUT2D eigenvalue weighted by Crippen LogP contribution is 2.60. The molecule has 0 saturated heterocycles. The molecule has 0 aliphatic carbocycles. The Labute approximate surface area is 306 Å². The molecule has 0 aliphatic heterocycles. The van der Waals surface area contributed by atoms with Crippen LogP contribution in [0.25, 0.3) is 21.9 Å². The summed E-state index contributed by atoms with van der Waals surface area (Å²) in [7, 11) is -8.96. The fraction of sp³-hybridized carbons (Fsp3) is 0.152. The summed E-state index contributed by atoms with van der Waals surface area (Å²) in [5.74, 6) is -0.473. The lowest BCUT2D eigenvalue weighted by molar-refractivity contribution is 0.0558. The number of ketones is 1. The first-order valence-corrected chi connectivity index (χ1v) is 19.1. The first kappa shape index (κ1) is 37.1. The standard InChI is InChI=1S/C33H24Br2F4N5O5PS/c34-25-14-19(10-13-23(25)33(38,39)51(40)49)17-31(30(45)20-6-2-1-3-7-20,44-29-9-5-4-8-27(29)42-43-44)18-22-12-11-21-15-26(35)24(16-28(21)41-22)32(36,37)50(46,47)48/h1-16H,17-18,40H2,(H2,46,47,48). The highest BCUT2D eigenvalue weighted by atomic mass is 79.9. The predicted molar refractivity (Wildman–Crippen MR) is 189 cm³/mol. The van der Waals surface area contributed by atoms with E-state index in [4.69, 9.17) is 5.14 Å². The lowest BCUT2D eigenvalue weighted by Gasteiger charge is -2.33. The Bertz CT molecular complexity index is 2400. The van der Waals surface area contributed by atoms with Crippen LogP contribution in [0.1, 0.15) is 32.7 Å². The number of aromatic nitrogens is 4. The van der Waals surface area contributed by atoms with Crippen molar-refractivity contribution in [2.75, 3.05) is 0 Å². The Morgan fingerprint density at radius 2 is 1.51 bits per heavy atom. The van der Waals surface area contributed by atoms with Crippen LogP contribution < -0.4 is 5.14 Å². The predicted octanol–water partition coefficient (Wildman–Crippen LogP) is 7.47. The molecule has 2 unspecified atom stereocenters. The van der Waals surface area contributed by atoms with Gasteiger partial charge < -0.3 is 9.79 Å². The van der Waals surface area contributed by atoms with Crippen molar-refractivity contribution in [3.63, 3.8) is 0 Å². The van der Waals surface area contributed by atoms with Crippen LogP contribution in [-0.2, 0) is 44.8 Å². The number of hydrogen-bond acceptors (Lipinski definition) is 6. The highest BCUT2D eigenvalue weighted by molar-refractivity contribution is 9.10. The van der Waals surface area contributed by atoms with Gasteiger partial charge in [0.25, 0.3) is 0 Å². The van der Waals surface area contributed by atoms with Gasteiger partial charge in [-0.2, -0.15) is 17.6 Å². The molecule has 4 aromatic carbocycles. The fourth-order valence-electron chi connectivity index (χ4n) is 5.83. The summed E-state index contributed by atoms with van der Waals surface area (Å²) in [6.07, 6.45) is -0.432. The number of alkyl halides is 4. The first-order chi connectivity index (χ1) is 24.0. The third kappa shape index (κ3) is 6.83. The highest BCUT2D eigenvalue weighted by Gasteiger charge is 2.52. The summed E-state index contributed by atoms with van der Waals surface area (Å²) in [6.45, 7) is 0. The van der Waals surface area contributed by atoms with E-state index < -0.39 is 51.9 Å². The minimum absolute atomic E-state index is 0.0487. The molecule has 6 aromatic rings. The number of rotatable bonds is 11. The average Bonchev–Trinajstić information content (AvgIpc) is 3.52. The summed E-state index contributed by atoms with van der Waals surface area (Å²) in [6, 6.07) is 24.0. The van der Waals surface area contributed by atoms with Crippen LogP contribution in [0.2, 0.25) is 0 Å². The van der Waals surface area contributed by atoms with Crippen molar-refractivity contribution in [1.82, 2.24) is 20.0 Å². The van der Waals surface area contributed by atoms with E-state index in [1.165, 1.54) is 22.9 Å². The molecule has 0 bridgehead atoms. The number of pyridine rings is 1. The van der Waals surface area contributed by atoms with Gasteiger partial charge in [0, 0.05) is 49.6 Å². The molecule has 51 heavy (non-hydrogen) atoms. The molecule has 0 spiro atoms. The van der Waals surface area contributed by atoms with E-state index in [0.717, 1.165) is 12.1 Å². The Morgan fingerprint density at radius 3 is 2.18 bits per heavy atom. The zero-order chi connectivity index (χ0) is 36.9. The molecule has 18 heteroatoms. The minimum atomic E-state index is -5.94. The third-order valence-electron chi connectivity index (χ3n) is 8.31. The maximum atomic E-state index is 14.9. The Kier molecular flexibility index (Phi) is 9.95. The van der Waals surface area contributed by atoms with E-state index in [0.29, 0.717) is 22.0 Å². The van der Waals surface area contributed by atoms with Crippen LogP contribution in [0.4, 0.5) is 17.6 Å². The van der Waals surface area contributed by atoms with Crippen molar-refractivity contribution in [2.45, 2.75) is 29.3 Å². The second-order valence-electron chi connectivity index (χ2n) is 11.6. The number of Topliss-reactive ketones (excluding diaryl/α,β-unsaturated/α-hetero) is 1. The number of halogens is 6. The van der Waals surface area contributed by atoms with Gasteiger partial charge in [-0.15, -0.1) is 5.10 Å². The molecular formula is C33H24Br2F4N5O5PS. The van der Waals surface area contributed by atoms with Gasteiger partial charge in [0.2, 0.25) is 0 Å². The van der Waals surface area contributed by atoms with Gasteiger partial charge in [-0.1, -0.05) is 97.7 Å². The molecule has 2 atom stereocenters. The van der Waals surface area contributed by atoms with Gasteiger partial charge in [0.1, 0.15) is 11.1 Å². The SMILES string of the molecule is NS(=O)C(F)(F)c1ccc(CC(Cc2ccc3cc(Br)c(C(F)(F)P(=O)(O)O)cc3n2)(C(=O)c2ccccc2)n2nnc3ccccc32)cc1Br. The van der Waals surface area contributed by atoms with Crippen LogP contribution in [0, 0.1) is 0 Å². The largest absolute Gasteiger partial charge is 0.399 e. The molecule has 0 radical (unpaired) electrons. The number of nitrogens with two attached hydrogens (primary N) is 1. The second-order valence-corrected chi connectivity index (χ2v) is 16.1. The summed E-state index contributed by atoms with van der Waals surface area (Å²) >= 11 is 6.13. The quantitative estimate of drug-likeness (QED) is 0.0687. The Morgan fingerprint density at radius 1 is 0.843 bits per heavy atom. The third-order valence-corrected chi connectivity index (χ3v) is 11.3. The average molecular weight is 869 g/mol. The molecular weight excluding hydrogens is 845 g/mol. The zero-order valence-corrected chi connectivity index (χ0v) is 30.6. The normalized spacial score (nSPS) is 14.5. The van der Waals surface area contributed by atoms with Crippen LogP contribution in [-0.4, -0.2) is 39.8 Å². The van der Waals surface area contributed by atoms with Gasteiger partial charge in [-0.25, -0.2) is 14.0 Å². The topological polar surface area (TPSA) is 161 Å². The van der Waals surface area contributed by atoms with Crippen molar-refractivity contribution >= 4 is 78.2 Å². The van der Waals surface area contributed by atoms with E-state index in [1.54, 1.807) is 66.7 Å². The van der Waals surface area contributed by atoms with Crippen LogP contribution in [0.5, 0.6) is 0 Å². The maximum absolute atomic E-state index is 14.9. The Balaban J connectivity index is 1.58. The van der Waals surface area contributed by atoms with Gasteiger partial charge in [-0.05, 0) is 42.0 Å². The monoisotopic (exact) mass is 867 g/mol. The van der Waals surface area contributed by atoms with Gasteiger partial charge >= 0.3 is 18.5 Å². The Hall–Kier alpha value is -3.70. The summed E-state index contributed by atoms with van der Waals surface area (Å²) < 4.78 is 83.7. The number of carbonyl (C=O) groups excluding carboxylic acids is 1. The minimum Gasteiger partial charge on any atom is -0.320 e. The molecule has 4 N–H and O–H groups in total. The molecule has 2 heterocycles. The second kappa shape index (κ2) is 13.7. The van der Waals surface area contributed by atoms with Gasteiger partial charge in [0.15, 0.2) is 16.8 Å². The van der Waals surface area contributed by atoms with Crippen molar-refractivity contribution in [2.24, 2.45) is 5.14 Å². The van der Waals surface area contributed by atoms with E-state index in [1.807, 2.05) is 0 Å². The molecule has 264 valence electrons. The summed E-state index contributed by atoms with van der Waals surface area (Å²) in [5, 5.41) is 10.2.